The minimum atomic E-state index is 0.524. The van der Waals surface area contributed by atoms with Crippen molar-refractivity contribution in [3.63, 3.8) is 0 Å². The smallest absolute Gasteiger partial charge is 0.153 e. The van der Waals surface area contributed by atoms with Crippen LogP contribution in [-0.4, -0.2) is 0 Å². The molecule has 0 aromatic heterocycles. The molecule has 0 fully saturated rings. The number of rotatable bonds is 2. The maximum absolute atomic E-state index is 4.98. The van der Waals surface area contributed by atoms with Crippen LogP contribution in [0.4, 0.5) is 0 Å². The van der Waals surface area contributed by atoms with Crippen LogP contribution in [0.2, 0.25) is 0 Å². The molecule has 4 heteroatoms. The topological polar surface area (TPSA) is 70.5 Å². The Kier molecular flexibility index (Phi) is 2.30. The molecule has 0 spiro atoms. The van der Waals surface area contributed by atoms with Gasteiger partial charge in [0.25, 0.3) is 0 Å². The van der Waals surface area contributed by atoms with E-state index < -0.39 is 0 Å². The predicted molar refractivity (Wildman–Crippen MR) is 40.8 cm³/mol. The third-order valence-electron chi connectivity index (χ3n) is 1.42. The van der Waals surface area contributed by atoms with Crippen LogP contribution in [0.3, 0.4) is 0 Å². The number of hydrogen-bond acceptors (Lipinski definition) is 4. The molecule has 11 heavy (non-hydrogen) atoms. The summed E-state index contributed by atoms with van der Waals surface area (Å²) in [6, 6.07) is 5.16. The average molecular weight is 154 g/mol. The molecular formula is C7H10N2O2. The highest BCUT2D eigenvalue weighted by Crippen LogP contribution is 2.22. The molecule has 4 nitrogen and oxygen atoms in total. The van der Waals surface area contributed by atoms with E-state index in [4.69, 9.17) is 11.8 Å². The van der Waals surface area contributed by atoms with Crippen molar-refractivity contribution in [2.75, 3.05) is 0 Å². The van der Waals surface area contributed by atoms with E-state index >= 15 is 0 Å². The fourth-order valence-corrected chi connectivity index (χ4v) is 0.781. The zero-order valence-electron chi connectivity index (χ0n) is 6.20. The van der Waals surface area contributed by atoms with Gasteiger partial charge in [-0.15, -0.1) is 0 Å². The van der Waals surface area contributed by atoms with Crippen LogP contribution in [-0.2, 0) is 0 Å². The Morgan fingerprint density at radius 2 is 1.91 bits per heavy atom. The Hall–Kier alpha value is -1.26. The second-order valence-corrected chi connectivity index (χ2v) is 2.16. The van der Waals surface area contributed by atoms with Crippen molar-refractivity contribution < 1.29 is 9.68 Å². The van der Waals surface area contributed by atoms with Gasteiger partial charge < -0.3 is 9.68 Å². The highest BCUT2D eigenvalue weighted by atomic mass is 16.6. The van der Waals surface area contributed by atoms with E-state index in [0.29, 0.717) is 11.5 Å². The van der Waals surface area contributed by atoms with Crippen molar-refractivity contribution in [3.8, 4) is 11.5 Å². The molecule has 0 aliphatic heterocycles. The number of nitrogens with two attached hydrogens (primary N) is 2. The molecule has 1 aromatic carbocycles. The summed E-state index contributed by atoms with van der Waals surface area (Å²) in [5, 5.41) is 0. The van der Waals surface area contributed by atoms with Crippen molar-refractivity contribution >= 4 is 0 Å². The Morgan fingerprint density at radius 1 is 1.18 bits per heavy atom. The van der Waals surface area contributed by atoms with Crippen molar-refractivity contribution in [1.29, 1.82) is 0 Å². The first kappa shape index (κ1) is 7.84. The van der Waals surface area contributed by atoms with Crippen LogP contribution in [0.25, 0.3) is 0 Å². The summed E-state index contributed by atoms with van der Waals surface area (Å²) in [5.41, 5.74) is 0.938. The molecule has 0 heterocycles. The molecule has 0 saturated carbocycles. The van der Waals surface area contributed by atoms with E-state index in [9.17, 15) is 0 Å². The first-order valence-electron chi connectivity index (χ1n) is 3.12. The van der Waals surface area contributed by atoms with Gasteiger partial charge in [-0.05, 0) is 18.6 Å². The molecule has 60 valence electrons. The lowest BCUT2D eigenvalue weighted by molar-refractivity contribution is 0.315. The fourth-order valence-electron chi connectivity index (χ4n) is 0.781. The molecule has 0 unspecified atom stereocenters. The van der Waals surface area contributed by atoms with E-state index in [1.807, 2.05) is 13.0 Å². The van der Waals surface area contributed by atoms with Crippen LogP contribution in [0.1, 0.15) is 5.56 Å². The van der Waals surface area contributed by atoms with E-state index in [1.54, 1.807) is 12.1 Å². The molecule has 0 aliphatic carbocycles. The van der Waals surface area contributed by atoms with Gasteiger partial charge in [0.1, 0.15) is 0 Å². The summed E-state index contributed by atoms with van der Waals surface area (Å²) in [6.45, 7) is 1.88. The van der Waals surface area contributed by atoms with Gasteiger partial charge in [0.2, 0.25) is 0 Å². The van der Waals surface area contributed by atoms with E-state index in [1.165, 1.54) is 0 Å². The van der Waals surface area contributed by atoms with Crippen LogP contribution < -0.4 is 21.5 Å². The highest BCUT2D eigenvalue weighted by Gasteiger charge is 1.99. The highest BCUT2D eigenvalue weighted by molar-refractivity contribution is 5.39. The first-order chi connectivity index (χ1) is 5.27. The summed E-state index contributed by atoms with van der Waals surface area (Å²) in [7, 11) is 0. The summed E-state index contributed by atoms with van der Waals surface area (Å²) in [6.07, 6.45) is 0. The van der Waals surface area contributed by atoms with Gasteiger partial charge in [0.05, 0.1) is 0 Å². The lowest BCUT2D eigenvalue weighted by atomic mass is 10.2. The van der Waals surface area contributed by atoms with E-state index in [-0.39, 0.29) is 0 Å². The molecule has 0 radical (unpaired) electrons. The molecule has 0 atom stereocenters. The minimum Gasteiger partial charge on any atom is -0.411 e. The van der Waals surface area contributed by atoms with Gasteiger partial charge in [-0.3, -0.25) is 0 Å². The summed E-state index contributed by atoms with van der Waals surface area (Å²) in [5.74, 6) is 11.0. The minimum absolute atomic E-state index is 0.524. The molecule has 1 rings (SSSR count). The maximum Gasteiger partial charge on any atom is 0.153 e. The van der Waals surface area contributed by atoms with Crippen molar-refractivity contribution in [1.82, 2.24) is 0 Å². The van der Waals surface area contributed by atoms with Gasteiger partial charge in [0.15, 0.2) is 11.5 Å². The fraction of sp³-hybridized carbons (Fsp3) is 0.143. The van der Waals surface area contributed by atoms with E-state index in [2.05, 4.69) is 9.68 Å². The molecule has 0 bridgehead atoms. The largest absolute Gasteiger partial charge is 0.411 e. The molecule has 4 N–H and O–H groups in total. The molecular weight excluding hydrogens is 144 g/mol. The third-order valence-corrected chi connectivity index (χ3v) is 1.42. The summed E-state index contributed by atoms with van der Waals surface area (Å²) < 4.78 is 0. The Labute approximate surface area is 64.6 Å². The average Bonchev–Trinajstić information content (AvgIpc) is 2.05. The van der Waals surface area contributed by atoms with Gasteiger partial charge in [-0.1, -0.05) is 6.07 Å². The quantitative estimate of drug-likeness (QED) is 0.608. The molecule has 0 saturated heterocycles. The number of hydrogen-bond donors (Lipinski definition) is 2. The summed E-state index contributed by atoms with van der Waals surface area (Å²) >= 11 is 0. The maximum atomic E-state index is 4.98. The van der Waals surface area contributed by atoms with Crippen molar-refractivity contribution in [2.24, 2.45) is 11.8 Å². The van der Waals surface area contributed by atoms with Gasteiger partial charge >= 0.3 is 0 Å². The molecule has 0 amide bonds. The first-order valence-corrected chi connectivity index (χ1v) is 3.12. The second kappa shape index (κ2) is 3.23. The Bertz CT molecular complexity index is 250. The summed E-state index contributed by atoms with van der Waals surface area (Å²) in [4.78, 5) is 9.03. The third kappa shape index (κ3) is 1.60. The van der Waals surface area contributed by atoms with Crippen LogP contribution >= 0.6 is 0 Å². The van der Waals surface area contributed by atoms with Gasteiger partial charge in [0, 0.05) is 6.07 Å². The van der Waals surface area contributed by atoms with Crippen molar-refractivity contribution in [3.05, 3.63) is 23.8 Å². The lowest BCUT2D eigenvalue weighted by Gasteiger charge is -2.04. The predicted octanol–water partition coefficient (Wildman–Crippen LogP) is 0.500. The van der Waals surface area contributed by atoms with Gasteiger partial charge in [-0.2, -0.15) is 11.8 Å². The van der Waals surface area contributed by atoms with Crippen molar-refractivity contribution in [2.45, 2.75) is 6.92 Å². The monoisotopic (exact) mass is 154 g/mol. The van der Waals surface area contributed by atoms with Crippen LogP contribution in [0.15, 0.2) is 18.2 Å². The van der Waals surface area contributed by atoms with Crippen LogP contribution in [0.5, 0.6) is 11.5 Å². The van der Waals surface area contributed by atoms with Crippen LogP contribution in [0, 0.1) is 6.92 Å². The lowest BCUT2D eigenvalue weighted by Crippen LogP contribution is -2.05. The molecule has 0 aliphatic rings. The Morgan fingerprint density at radius 3 is 2.45 bits per heavy atom. The second-order valence-electron chi connectivity index (χ2n) is 2.16. The van der Waals surface area contributed by atoms with Gasteiger partial charge in [-0.25, -0.2) is 0 Å². The number of benzene rings is 1. The Balaban J connectivity index is 3.02. The zero-order valence-corrected chi connectivity index (χ0v) is 6.20. The normalized spacial score (nSPS) is 9.36. The molecule has 1 aromatic rings. The zero-order chi connectivity index (χ0) is 8.27. The standard InChI is InChI=1S/C7H10N2O2/c1-5-2-3-6(10-8)4-7(5)11-9/h2-4H,8-9H2,1H3. The SMILES string of the molecule is Cc1ccc(ON)cc1ON. The number of aryl methyl sites for hydroxylation is 1. The van der Waals surface area contributed by atoms with E-state index in [0.717, 1.165) is 5.56 Å².